The van der Waals surface area contributed by atoms with Crippen molar-refractivity contribution in [1.82, 2.24) is 0 Å². The summed E-state index contributed by atoms with van der Waals surface area (Å²) in [6.07, 6.45) is 7.57. The zero-order chi connectivity index (χ0) is 16.8. The van der Waals surface area contributed by atoms with Crippen molar-refractivity contribution >= 4 is 5.91 Å². The Kier molecular flexibility index (Phi) is 4.16. The normalized spacial score (nSPS) is 36.5. The van der Waals surface area contributed by atoms with Crippen molar-refractivity contribution < 1.29 is 4.79 Å². The largest absolute Gasteiger partial charge is 0.369 e. The van der Waals surface area contributed by atoms with Gasteiger partial charge >= 0.3 is 0 Å². The van der Waals surface area contributed by atoms with E-state index >= 15 is 0 Å². The highest BCUT2D eigenvalue weighted by Gasteiger charge is 2.51. The molecule has 1 aromatic rings. The summed E-state index contributed by atoms with van der Waals surface area (Å²) in [7, 11) is 0. The van der Waals surface area contributed by atoms with Crippen LogP contribution in [-0.4, -0.2) is 11.9 Å². The number of carbonyl (C=O) groups excluding carboxylic acids is 1. The van der Waals surface area contributed by atoms with E-state index in [9.17, 15) is 4.79 Å². The third-order valence-corrected chi connectivity index (χ3v) is 6.86. The van der Waals surface area contributed by atoms with E-state index in [-0.39, 0.29) is 17.9 Å². The van der Waals surface area contributed by atoms with Crippen LogP contribution in [0.4, 0.5) is 0 Å². The first kappa shape index (κ1) is 16.1. The molecule has 1 amide bonds. The smallest absolute Gasteiger partial charge is 0.225 e. The molecule has 4 N–H and O–H groups in total. The van der Waals surface area contributed by atoms with Crippen molar-refractivity contribution in [3.63, 3.8) is 0 Å². The van der Waals surface area contributed by atoms with Crippen LogP contribution >= 0.6 is 0 Å². The van der Waals surface area contributed by atoms with E-state index < -0.39 is 0 Å². The fraction of sp³-hybridized carbons (Fsp3) is 0.667. The maximum absolute atomic E-state index is 12.5. The molecule has 3 nitrogen and oxygen atoms in total. The molecule has 1 unspecified atom stereocenters. The Morgan fingerprint density at radius 2 is 1.75 bits per heavy atom. The number of hydrogen-bond donors (Lipinski definition) is 2. The third-order valence-electron chi connectivity index (χ3n) is 6.86. The van der Waals surface area contributed by atoms with Crippen LogP contribution < -0.4 is 11.5 Å². The first-order valence-corrected chi connectivity index (χ1v) is 9.65. The number of benzene rings is 1. The third kappa shape index (κ3) is 2.88. The van der Waals surface area contributed by atoms with Gasteiger partial charge in [0.15, 0.2) is 0 Å². The lowest BCUT2D eigenvalue weighted by molar-refractivity contribution is -0.126. The first-order chi connectivity index (χ1) is 11.5. The lowest BCUT2D eigenvalue weighted by Crippen LogP contribution is -2.49. The minimum atomic E-state index is -0.134. The molecule has 4 fully saturated rings. The monoisotopic (exact) mass is 326 g/mol. The van der Waals surface area contributed by atoms with Gasteiger partial charge in [-0.05, 0) is 86.2 Å². The van der Waals surface area contributed by atoms with Gasteiger partial charge in [-0.15, -0.1) is 0 Å². The maximum atomic E-state index is 12.5. The van der Waals surface area contributed by atoms with E-state index in [1.54, 1.807) is 0 Å². The fourth-order valence-electron chi connectivity index (χ4n) is 6.37. The highest BCUT2D eigenvalue weighted by Crippen LogP contribution is 2.59. The Bertz CT molecular complexity index is 596. The molecule has 0 aliphatic heterocycles. The summed E-state index contributed by atoms with van der Waals surface area (Å²) >= 11 is 0. The highest BCUT2D eigenvalue weighted by atomic mass is 16.1. The summed E-state index contributed by atoms with van der Waals surface area (Å²) in [5.74, 6) is 3.45. The van der Waals surface area contributed by atoms with E-state index in [0.717, 1.165) is 23.8 Å². The number of amides is 1. The molecule has 1 aromatic carbocycles. The van der Waals surface area contributed by atoms with Crippen LogP contribution in [0.3, 0.4) is 0 Å². The van der Waals surface area contributed by atoms with Crippen LogP contribution in [0.15, 0.2) is 24.3 Å². The second-order valence-electron chi connectivity index (χ2n) is 8.81. The van der Waals surface area contributed by atoms with Crippen molar-refractivity contribution in [3.05, 3.63) is 35.4 Å². The van der Waals surface area contributed by atoms with Crippen molar-refractivity contribution in [3.8, 4) is 0 Å². The van der Waals surface area contributed by atoms with E-state index in [4.69, 9.17) is 11.5 Å². The maximum Gasteiger partial charge on any atom is 0.225 e. The van der Waals surface area contributed by atoms with Crippen LogP contribution in [-0.2, 0) is 11.2 Å². The van der Waals surface area contributed by atoms with Crippen molar-refractivity contribution in [2.75, 3.05) is 0 Å². The zero-order valence-corrected chi connectivity index (χ0v) is 14.7. The molecular formula is C21H30N2O. The lowest BCUT2D eigenvalue weighted by atomic mass is 9.49. The van der Waals surface area contributed by atoms with Crippen molar-refractivity contribution in [2.45, 2.75) is 57.4 Å². The van der Waals surface area contributed by atoms with Gasteiger partial charge < -0.3 is 11.5 Å². The van der Waals surface area contributed by atoms with Gasteiger partial charge in [0.2, 0.25) is 5.91 Å². The molecule has 4 aliphatic rings. The summed E-state index contributed by atoms with van der Waals surface area (Å²) in [6, 6.07) is 8.60. The SMILES string of the molecule is C[C@@H](N)Cc1cccc(C(C(N)=O)C2C3CC4CC(C3)CC2C4)c1. The molecule has 0 radical (unpaired) electrons. The summed E-state index contributed by atoms with van der Waals surface area (Å²) in [6.45, 7) is 2.02. The van der Waals surface area contributed by atoms with Crippen molar-refractivity contribution in [1.29, 1.82) is 0 Å². The minimum absolute atomic E-state index is 0.118. The zero-order valence-electron chi connectivity index (χ0n) is 14.7. The Morgan fingerprint density at radius 3 is 2.29 bits per heavy atom. The average Bonchev–Trinajstić information content (AvgIpc) is 2.49. The highest BCUT2D eigenvalue weighted by molar-refractivity contribution is 5.82. The molecular weight excluding hydrogens is 296 g/mol. The molecule has 5 rings (SSSR count). The van der Waals surface area contributed by atoms with E-state index in [1.165, 1.54) is 37.7 Å². The summed E-state index contributed by atoms with van der Waals surface area (Å²) in [5, 5.41) is 0. The fourth-order valence-corrected chi connectivity index (χ4v) is 6.37. The van der Waals surface area contributed by atoms with Crippen LogP contribution in [0, 0.1) is 29.6 Å². The van der Waals surface area contributed by atoms with Gasteiger partial charge in [-0.25, -0.2) is 0 Å². The van der Waals surface area contributed by atoms with Gasteiger partial charge in [-0.2, -0.15) is 0 Å². The molecule has 4 aliphatic carbocycles. The van der Waals surface area contributed by atoms with Crippen LogP contribution in [0.5, 0.6) is 0 Å². The summed E-state index contributed by atoms with van der Waals surface area (Å²) in [5.41, 5.74) is 14.2. The average molecular weight is 326 g/mol. The molecule has 0 saturated heterocycles. The van der Waals surface area contributed by atoms with Crippen LogP contribution in [0.25, 0.3) is 0 Å². The van der Waals surface area contributed by atoms with Crippen molar-refractivity contribution in [2.24, 2.45) is 41.1 Å². The Morgan fingerprint density at radius 1 is 1.12 bits per heavy atom. The first-order valence-electron chi connectivity index (χ1n) is 9.65. The topological polar surface area (TPSA) is 69.1 Å². The predicted octanol–water partition coefficient (Wildman–Crippen LogP) is 3.22. The van der Waals surface area contributed by atoms with E-state index in [0.29, 0.717) is 17.8 Å². The standard InChI is InChI=1S/C21H30N2O/c1-12(22)5-13-3-2-4-16(7-13)20(21(23)24)19-17-8-14-6-15(10-17)11-18(19)9-14/h2-4,7,12,14-15,17-20H,5-6,8-11,22H2,1H3,(H2,23,24)/t12-,14?,15?,17?,18?,19?,20?/m1/s1. The second-order valence-corrected chi connectivity index (χ2v) is 8.81. The summed E-state index contributed by atoms with van der Waals surface area (Å²) < 4.78 is 0. The quantitative estimate of drug-likeness (QED) is 0.872. The predicted molar refractivity (Wildman–Crippen MR) is 96.3 cm³/mol. The molecule has 0 spiro atoms. The molecule has 2 atom stereocenters. The Labute approximate surface area is 145 Å². The van der Waals surface area contributed by atoms with Gasteiger partial charge in [0.1, 0.15) is 0 Å². The lowest BCUT2D eigenvalue weighted by Gasteiger charge is -2.56. The van der Waals surface area contributed by atoms with Gasteiger partial charge in [0.05, 0.1) is 5.92 Å². The van der Waals surface area contributed by atoms with Gasteiger partial charge in [0.25, 0.3) is 0 Å². The molecule has 4 saturated carbocycles. The molecule has 0 heterocycles. The Hall–Kier alpha value is -1.35. The van der Waals surface area contributed by atoms with Gasteiger partial charge in [-0.3, -0.25) is 4.79 Å². The molecule has 0 aromatic heterocycles. The van der Waals surface area contributed by atoms with Crippen LogP contribution in [0.1, 0.15) is 56.1 Å². The number of nitrogens with two attached hydrogens (primary N) is 2. The molecule has 3 heteroatoms. The van der Waals surface area contributed by atoms with Gasteiger partial charge in [-0.1, -0.05) is 24.3 Å². The minimum Gasteiger partial charge on any atom is -0.369 e. The number of hydrogen-bond acceptors (Lipinski definition) is 2. The number of primary amides is 1. The molecule has 4 bridgehead atoms. The van der Waals surface area contributed by atoms with E-state index in [1.807, 2.05) is 6.92 Å². The Balaban J connectivity index is 1.64. The molecule has 24 heavy (non-hydrogen) atoms. The number of carbonyl (C=O) groups is 1. The molecule has 130 valence electrons. The van der Waals surface area contributed by atoms with E-state index in [2.05, 4.69) is 24.3 Å². The van der Waals surface area contributed by atoms with Gasteiger partial charge in [0, 0.05) is 6.04 Å². The second kappa shape index (κ2) is 6.18. The number of rotatable bonds is 5. The van der Waals surface area contributed by atoms with Crippen LogP contribution in [0.2, 0.25) is 0 Å². The summed E-state index contributed by atoms with van der Waals surface area (Å²) in [4.78, 5) is 12.5.